The summed E-state index contributed by atoms with van der Waals surface area (Å²) in [5.74, 6) is 1.06. The summed E-state index contributed by atoms with van der Waals surface area (Å²) >= 11 is 0. The van der Waals surface area contributed by atoms with Crippen molar-refractivity contribution in [1.82, 2.24) is 24.8 Å². The molecule has 6 heteroatoms. The fourth-order valence-corrected chi connectivity index (χ4v) is 3.15. The number of rotatable bonds is 3. The van der Waals surface area contributed by atoms with E-state index in [1.807, 2.05) is 31.3 Å². The second-order valence-electron chi connectivity index (χ2n) is 6.34. The molecule has 4 rings (SSSR count). The Morgan fingerprint density at radius 2 is 2.00 bits per heavy atom. The van der Waals surface area contributed by atoms with E-state index in [1.165, 1.54) is 6.33 Å². The molecule has 0 aliphatic carbocycles. The summed E-state index contributed by atoms with van der Waals surface area (Å²) in [7, 11) is 0. The van der Waals surface area contributed by atoms with Crippen molar-refractivity contribution in [3.05, 3.63) is 65.5 Å². The zero-order valence-corrected chi connectivity index (χ0v) is 14.1. The Morgan fingerprint density at radius 1 is 1.16 bits per heavy atom. The maximum Gasteiger partial charge on any atom is 0.162 e. The second-order valence-corrected chi connectivity index (χ2v) is 6.34. The number of hydrogen-bond donors (Lipinski definition) is 1. The lowest BCUT2D eigenvalue weighted by Gasteiger charge is -2.28. The molecule has 0 spiro atoms. The summed E-state index contributed by atoms with van der Waals surface area (Å²) in [5, 5.41) is 10.2. The van der Waals surface area contributed by atoms with Crippen LogP contribution in [0.3, 0.4) is 0 Å². The lowest BCUT2D eigenvalue weighted by atomic mass is 10.0. The second kappa shape index (κ2) is 6.57. The summed E-state index contributed by atoms with van der Waals surface area (Å²) < 4.78 is 0. The zero-order chi connectivity index (χ0) is 17.2. The number of phenolic OH excluding ortho intramolecular Hbond substituents is 1. The first-order chi connectivity index (χ1) is 12.2. The van der Waals surface area contributed by atoms with Crippen molar-refractivity contribution in [3.63, 3.8) is 0 Å². The molecular weight excluding hydrogens is 314 g/mol. The van der Waals surface area contributed by atoms with Crippen LogP contribution in [-0.2, 0) is 19.5 Å². The van der Waals surface area contributed by atoms with Gasteiger partial charge in [0, 0.05) is 55.8 Å². The highest BCUT2D eigenvalue weighted by Gasteiger charge is 2.20. The average molecular weight is 333 g/mol. The first kappa shape index (κ1) is 15.7. The van der Waals surface area contributed by atoms with Crippen LogP contribution in [0.5, 0.6) is 5.75 Å². The standard InChI is InChI=1S/C19H19N5O/c1-13-3-2-4-14(18(13)25)10-24-6-5-17-16(11-24)9-22-19(23-17)15-7-20-12-21-8-15/h2-4,7-9,12,25H,5-6,10-11H2,1H3. The number of aromatic hydroxyl groups is 1. The van der Waals surface area contributed by atoms with Crippen molar-refractivity contribution in [1.29, 1.82) is 0 Å². The van der Waals surface area contributed by atoms with Crippen LogP contribution < -0.4 is 0 Å². The highest BCUT2D eigenvalue weighted by atomic mass is 16.3. The summed E-state index contributed by atoms with van der Waals surface area (Å²) in [6.45, 7) is 4.34. The van der Waals surface area contributed by atoms with Gasteiger partial charge in [-0.1, -0.05) is 18.2 Å². The molecule has 3 aromatic rings. The third-order valence-electron chi connectivity index (χ3n) is 4.55. The van der Waals surface area contributed by atoms with Gasteiger partial charge in [0.15, 0.2) is 5.82 Å². The lowest BCUT2D eigenvalue weighted by molar-refractivity contribution is 0.239. The molecule has 0 fully saturated rings. The number of aromatic nitrogens is 4. The summed E-state index contributed by atoms with van der Waals surface area (Å²) in [5.41, 5.74) is 4.92. The maximum atomic E-state index is 10.2. The Kier molecular flexibility index (Phi) is 4.11. The highest BCUT2D eigenvalue weighted by molar-refractivity contribution is 5.52. The molecule has 0 bridgehead atoms. The Hall–Kier alpha value is -2.86. The van der Waals surface area contributed by atoms with E-state index in [0.717, 1.165) is 54.0 Å². The molecular formula is C19H19N5O. The highest BCUT2D eigenvalue weighted by Crippen LogP contribution is 2.26. The third-order valence-corrected chi connectivity index (χ3v) is 4.55. The largest absolute Gasteiger partial charge is 0.507 e. The van der Waals surface area contributed by atoms with E-state index in [2.05, 4.69) is 24.8 Å². The topological polar surface area (TPSA) is 75.0 Å². The van der Waals surface area contributed by atoms with E-state index >= 15 is 0 Å². The predicted molar refractivity (Wildman–Crippen MR) is 93.7 cm³/mol. The van der Waals surface area contributed by atoms with Gasteiger partial charge in [0.25, 0.3) is 0 Å². The summed E-state index contributed by atoms with van der Waals surface area (Å²) in [6.07, 6.45) is 7.72. The van der Waals surface area contributed by atoms with Gasteiger partial charge in [0.2, 0.25) is 0 Å². The van der Waals surface area contributed by atoms with Gasteiger partial charge in [-0.3, -0.25) is 4.90 Å². The van der Waals surface area contributed by atoms with Crippen LogP contribution in [-0.4, -0.2) is 36.5 Å². The van der Waals surface area contributed by atoms with E-state index in [4.69, 9.17) is 0 Å². The Balaban J connectivity index is 1.53. The number of hydrogen-bond acceptors (Lipinski definition) is 6. The molecule has 1 N–H and O–H groups in total. The molecule has 1 aliphatic heterocycles. The molecule has 0 saturated heterocycles. The van der Waals surface area contributed by atoms with E-state index in [9.17, 15) is 5.11 Å². The van der Waals surface area contributed by atoms with Crippen molar-refractivity contribution < 1.29 is 5.11 Å². The number of nitrogens with zero attached hydrogens (tertiary/aromatic N) is 5. The molecule has 0 atom stereocenters. The van der Waals surface area contributed by atoms with Crippen LogP contribution in [0.15, 0.2) is 43.1 Å². The first-order valence-electron chi connectivity index (χ1n) is 8.30. The van der Waals surface area contributed by atoms with E-state index < -0.39 is 0 Å². The van der Waals surface area contributed by atoms with Gasteiger partial charge in [-0.2, -0.15) is 0 Å². The maximum absolute atomic E-state index is 10.2. The molecule has 2 aromatic heterocycles. The molecule has 0 radical (unpaired) electrons. The molecule has 1 aromatic carbocycles. The Bertz CT molecular complexity index is 898. The smallest absolute Gasteiger partial charge is 0.162 e. The zero-order valence-electron chi connectivity index (χ0n) is 14.1. The molecule has 3 heterocycles. The van der Waals surface area contributed by atoms with Crippen molar-refractivity contribution in [2.45, 2.75) is 26.4 Å². The van der Waals surface area contributed by atoms with Crippen LogP contribution in [0.1, 0.15) is 22.4 Å². The van der Waals surface area contributed by atoms with Crippen molar-refractivity contribution >= 4 is 0 Å². The number of benzene rings is 1. The van der Waals surface area contributed by atoms with Gasteiger partial charge in [-0.15, -0.1) is 0 Å². The van der Waals surface area contributed by atoms with Gasteiger partial charge in [0.1, 0.15) is 12.1 Å². The van der Waals surface area contributed by atoms with Crippen molar-refractivity contribution in [3.8, 4) is 17.1 Å². The van der Waals surface area contributed by atoms with Crippen molar-refractivity contribution in [2.75, 3.05) is 6.54 Å². The summed E-state index contributed by atoms with van der Waals surface area (Å²) in [4.78, 5) is 19.5. The number of para-hydroxylation sites is 1. The number of fused-ring (bicyclic) bond motifs is 1. The molecule has 1 aliphatic rings. The number of aryl methyl sites for hydroxylation is 1. The summed E-state index contributed by atoms with van der Waals surface area (Å²) in [6, 6.07) is 5.89. The molecule has 25 heavy (non-hydrogen) atoms. The van der Waals surface area contributed by atoms with E-state index in [0.29, 0.717) is 11.6 Å². The Labute approximate surface area is 146 Å². The average Bonchev–Trinajstić information content (AvgIpc) is 2.66. The molecule has 0 unspecified atom stereocenters. The van der Waals surface area contributed by atoms with Crippen LogP contribution in [0.2, 0.25) is 0 Å². The molecule has 0 saturated carbocycles. The molecule has 6 nitrogen and oxygen atoms in total. The van der Waals surface area contributed by atoms with Gasteiger partial charge in [0.05, 0.1) is 11.3 Å². The normalized spacial score (nSPS) is 14.3. The van der Waals surface area contributed by atoms with Gasteiger partial charge in [-0.25, -0.2) is 19.9 Å². The first-order valence-corrected chi connectivity index (χ1v) is 8.30. The lowest BCUT2D eigenvalue weighted by Crippen LogP contribution is -2.31. The predicted octanol–water partition coefficient (Wildman–Crippen LogP) is 2.51. The van der Waals surface area contributed by atoms with Crippen LogP contribution >= 0.6 is 0 Å². The Morgan fingerprint density at radius 3 is 2.84 bits per heavy atom. The van der Waals surface area contributed by atoms with E-state index in [-0.39, 0.29) is 0 Å². The number of phenols is 1. The van der Waals surface area contributed by atoms with Gasteiger partial charge >= 0.3 is 0 Å². The van der Waals surface area contributed by atoms with Crippen LogP contribution in [0, 0.1) is 6.92 Å². The fraction of sp³-hybridized carbons (Fsp3) is 0.263. The van der Waals surface area contributed by atoms with Gasteiger partial charge in [-0.05, 0) is 12.5 Å². The van der Waals surface area contributed by atoms with Gasteiger partial charge < -0.3 is 5.11 Å². The molecule has 126 valence electrons. The van der Waals surface area contributed by atoms with E-state index in [1.54, 1.807) is 12.4 Å². The monoisotopic (exact) mass is 333 g/mol. The molecule has 0 amide bonds. The minimum Gasteiger partial charge on any atom is -0.507 e. The van der Waals surface area contributed by atoms with Crippen molar-refractivity contribution in [2.24, 2.45) is 0 Å². The third kappa shape index (κ3) is 3.21. The minimum atomic E-state index is 0.393. The van der Waals surface area contributed by atoms with Crippen LogP contribution in [0.25, 0.3) is 11.4 Å². The fourth-order valence-electron chi connectivity index (χ4n) is 3.15. The minimum absolute atomic E-state index is 0.393. The SMILES string of the molecule is Cc1cccc(CN2CCc3nc(-c4cncnc4)ncc3C2)c1O. The van der Waals surface area contributed by atoms with Crippen LogP contribution in [0.4, 0.5) is 0 Å². The quantitative estimate of drug-likeness (QED) is 0.794.